The van der Waals surface area contributed by atoms with Crippen molar-refractivity contribution in [1.82, 2.24) is 9.88 Å². The van der Waals surface area contributed by atoms with Crippen LogP contribution in [0.5, 0.6) is 11.5 Å². The summed E-state index contributed by atoms with van der Waals surface area (Å²) in [6, 6.07) is 4.28. The molecule has 1 aromatic heterocycles. The van der Waals surface area contributed by atoms with Gasteiger partial charge >= 0.3 is 0 Å². The number of anilines is 1. The first kappa shape index (κ1) is 19.0. The number of aromatic nitrogens is 1. The number of benzene rings is 1. The molecule has 29 heavy (non-hydrogen) atoms. The minimum Gasteiger partial charge on any atom is -0.493 e. The zero-order valence-corrected chi connectivity index (χ0v) is 17.7. The molecule has 2 aliphatic heterocycles. The molecule has 0 unspecified atom stereocenters. The maximum Gasteiger partial charge on any atom is 0.163 e. The van der Waals surface area contributed by atoms with E-state index in [0.29, 0.717) is 0 Å². The third kappa shape index (κ3) is 3.77. The quantitative estimate of drug-likeness (QED) is 0.657. The number of aryl methyl sites for hydroxylation is 1. The van der Waals surface area contributed by atoms with Gasteiger partial charge in [0.2, 0.25) is 0 Å². The average Bonchev–Trinajstić information content (AvgIpc) is 3.52. The second-order valence-electron chi connectivity index (χ2n) is 8.71. The normalized spacial score (nSPS) is 19.3. The van der Waals surface area contributed by atoms with Gasteiger partial charge in [0.1, 0.15) is 5.82 Å². The van der Waals surface area contributed by atoms with Crippen molar-refractivity contribution >= 4 is 16.7 Å². The maximum absolute atomic E-state index is 6.18. The fourth-order valence-corrected chi connectivity index (χ4v) is 5.29. The lowest BCUT2D eigenvalue weighted by atomic mass is 10.0. The van der Waals surface area contributed by atoms with Crippen molar-refractivity contribution in [2.45, 2.75) is 51.4 Å². The first-order chi connectivity index (χ1) is 14.3. The summed E-state index contributed by atoms with van der Waals surface area (Å²) in [7, 11) is 1.74. The lowest BCUT2D eigenvalue weighted by Gasteiger charge is -2.22. The molecule has 0 amide bonds. The van der Waals surface area contributed by atoms with Crippen molar-refractivity contribution in [3.8, 4) is 11.5 Å². The first-order valence-corrected chi connectivity index (χ1v) is 11.5. The molecular formula is C24H33N3O2. The molecule has 5 rings (SSSR count). The molecule has 2 fully saturated rings. The molecule has 2 aromatic rings. The van der Waals surface area contributed by atoms with Crippen LogP contribution in [-0.4, -0.2) is 56.3 Å². The highest BCUT2D eigenvalue weighted by Crippen LogP contribution is 2.40. The Morgan fingerprint density at radius 2 is 1.66 bits per heavy atom. The van der Waals surface area contributed by atoms with E-state index in [1.807, 2.05) is 0 Å². The summed E-state index contributed by atoms with van der Waals surface area (Å²) in [6.45, 7) is 6.62. The number of nitrogens with zero attached hydrogens (tertiary/aromatic N) is 3. The SMILES string of the molecule is COc1cc2c3c(c(N4CCCC4)nc2cc1OCCCN1CCCC1)CCC3. The molecule has 0 saturated carbocycles. The lowest BCUT2D eigenvalue weighted by molar-refractivity contribution is 0.254. The predicted octanol–water partition coefficient (Wildman–Crippen LogP) is 4.20. The zero-order valence-electron chi connectivity index (χ0n) is 17.7. The van der Waals surface area contributed by atoms with Gasteiger partial charge in [-0.25, -0.2) is 4.98 Å². The summed E-state index contributed by atoms with van der Waals surface area (Å²) in [6.07, 6.45) is 9.83. The molecule has 0 spiro atoms. The Balaban J connectivity index is 1.41. The summed E-state index contributed by atoms with van der Waals surface area (Å²) >= 11 is 0. The van der Waals surface area contributed by atoms with E-state index in [2.05, 4.69) is 21.9 Å². The fourth-order valence-electron chi connectivity index (χ4n) is 5.29. The minimum absolute atomic E-state index is 0.724. The summed E-state index contributed by atoms with van der Waals surface area (Å²) in [5.41, 5.74) is 4.01. The van der Waals surface area contributed by atoms with Gasteiger partial charge in [-0.1, -0.05) is 0 Å². The van der Waals surface area contributed by atoms with Crippen LogP contribution in [0.25, 0.3) is 10.9 Å². The van der Waals surface area contributed by atoms with E-state index < -0.39 is 0 Å². The van der Waals surface area contributed by atoms with Gasteiger partial charge in [-0.2, -0.15) is 0 Å². The number of rotatable bonds is 7. The third-order valence-corrected chi connectivity index (χ3v) is 6.80. The topological polar surface area (TPSA) is 37.8 Å². The van der Waals surface area contributed by atoms with Gasteiger partial charge < -0.3 is 19.3 Å². The smallest absolute Gasteiger partial charge is 0.163 e. The highest BCUT2D eigenvalue weighted by Gasteiger charge is 2.25. The van der Waals surface area contributed by atoms with Crippen molar-refractivity contribution in [2.24, 2.45) is 0 Å². The van der Waals surface area contributed by atoms with Gasteiger partial charge in [0.25, 0.3) is 0 Å². The second-order valence-corrected chi connectivity index (χ2v) is 8.71. The van der Waals surface area contributed by atoms with Crippen molar-refractivity contribution in [3.05, 3.63) is 23.3 Å². The molecule has 1 aromatic carbocycles. The molecule has 0 bridgehead atoms. The Morgan fingerprint density at radius 1 is 0.897 bits per heavy atom. The van der Waals surface area contributed by atoms with Crippen LogP contribution in [0, 0.1) is 0 Å². The summed E-state index contributed by atoms with van der Waals surface area (Å²) in [4.78, 5) is 10.2. The van der Waals surface area contributed by atoms with Gasteiger partial charge in [-0.15, -0.1) is 0 Å². The number of methoxy groups -OCH3 is 1. The molecule has 0 radical (unpaired) electrons. The molecule has 5 nitrogen and oxygen atoms in total. The fraction of sp³-hybridized carbons (Fsp3) is 0.625. The Morgan fingerprint density at radius 3 is 2.45 bits per heavy atom. The molecule has 0 atom stereocenters. The van der Waals surface area contributed by atoms with Crippen LogP contribution in [0.3, 0.4) is 0 Å². The maximum atomic E-state index is 6.18. The van der Waals surface area contributed by atoms with E-state index in [1.54, 1.807) is 7.11 Å². The number of pyridine rings is 1. The van der Waals surface area contributed by atoms with Gasteiger partial charge in [0.15, 0.2) is 11.5 Å². The van der Waals surface area contributed by atoms with E-state index in [-0.39, 0.29) is 0 Å². The van der Waals surface area contributed by atoms with Crippen LogP contribution in [0.2, 0.25) is 0 Å². The van der Waals surface area contributed by atoms with Crippen molar-refractivity contribution in [2.75, 3.05) is 51.3 Å². The molecule has 2 saturated heterocycles. The number of ether oxygens (including phenoxy) is 2. The Kier molecular flexibility index (Phi) is 5.49. The van der Waals surface area contributed by atoms with Crippen LogP contribution in [0.15, 0.2) is 12.1 Å². The van der Waals surface area contributed by atoms with E-state index in [0.717, 1.165) is 62.5 Å². The van der Waals surface area contributed by atoms with E-state index in [9.17, 15) is 0 Å². The zero-order chi connectivity index (χ0) is 19.6. The highest BCUT2D eigenvalue weighted by atomic mass is 16.5. The number of likely N-dealkylation sites (tertiary alicyclic amines) is 1. The molecule has 5 heteroatoms. The molecule has 156 valence electrons. The molecule has 1 aliphatic carbocycles. The monoisotopic (exact) mass is 395 g/mol. The Bertz CT molecular complexity index is 870. The first-order valence-electron chi connectivity index (χ1n) is 11.5. The van der Waals surface area contributed by atoms with Gasteiger partial charge in [0.05, 0.1) is 19.2 Å². The molecular weight excluding hydrogens is 362 g/mol. The molecule has 3 aliphatic rings. The van der Waals surface area contributed by atoms with Crippen LogP contribution in [-0.2, 0) is 12.8 Å². The number of fused-ring (bicyclic) bond motifs is 3. The summed E-state index contributed by atoms with van der Waals surface area (Å²) in [5.74, 6) is 2.90. The average molecular weight is 396 g/mol. The highest BCUT2D eigenvalue weighted by molar-refractivity contribution is 5.89. The summed E-state index contributed by atoms with van der Waals surface area (Å²) in [5, 5.41) is 1.25. The minimum atomic E-state index is 0.724. The summed E-state index contributed by atoms with van der Waals surface area (Å²) < 4.78 is 11.9. The van der Waals surface area contributed by atoms with Crippen LogP contribution < -0.4 is 14.4 Å². The van der Waals surface area contributed by atoms with E-state index in [4.69, 9.17) is 14.5 Å². The third-order valence-electron chi connectivity index (χ3n) is 6.80. The van der Waals surface area contributed by atoms with Crippen molar-refractivity contribution in [1.29, 1.82) is 0 Å². The lowest BCUT2D eigenvalue weighted by Crippen LogP contribution is -2.22. The van der Waals surface area contributed by atoms with Gasteiger partial charge in [0, 0.05) is 31.1 Å². The number of hydrogen-bond acceptors (Lipinski definition) is 5. The molecule has 0 N–H and O–H groups in total. The second kappa shape index (κ2) is 8.39. The van der Waals surface area contributed by atoms with E-state index >= 15 is 0 Å². The van der Waals surface area contributed by atoms with Crippen LogP contribution in [0.4, 0.5) is 5.82 Å². The van der Waals surface area contributed by atoms with Crippen molar-refractivity contribution < 1.29 is 9.47 Å². The van der Waals surface area contributed by atoms with E-state index in [1.165, 1.54) is 67.5 Å². The largest absolute Gasteiger partial charge is 0.493 e. The number of hydrogen-bond donors (Lipinski definition) is 0. The van der Waals surface area contributed by atoms with Crippen LogP contribution >= 0.6 is 0 Å². The Hall–Kier alpha value is -2.01. The van der Waals surface area contributed by atoms with Gasteiger partial charge in [-0.3, -0.25) is 0 Å². The van der Waals surface area contributed by atoms with Gasteiger partial charge in [-0.05, 0) is 81.6 Å². The Labute approximate surface area is 174 Å². The predicted molar refractivity (Wildman–Crippen MR) is 118 cm³/mol. The standard InChI is InChI=1S/C24H33N3O2/c1-28-22-16-20-18-8-6-9-19(18)24(27-13-4-5-14-27)25-21(20)17-23(22)29-15-7-12-26-10-2-3-11-26/h16-17H,2-15H2,1H3. The molecule has 3 heterocycles. The van der Waals surface area contributed by atoms with Crippen molar-refractivity contribution in [3.63, 3.8) is 0 Å². The van der Waals surface area contributed by atoms with Crippen LogP contribution in [0.1, 0.15) is 49.7 Å².